The number of rotatable bonds is 6. The van der Waals surface area contributed by atoms with Crippen LogP contribution in [0.3, 0.4) is 0 Å². The molecule has 0 saturated heterocycles. The van der Waals surface area contributed by atoms with E-state index in [1.54, 1.807) is 18.0 Å². The van der Waals surface area contributed by atoms with E-state index in [1.165, 1.54) is 0 Å². The Balaban J connectivity index is 1.84. The van der Waals surface area contributed by atoms with Gasteiger partial charge in [-0.1, -0.05) is 0 Å². The van der Waals surface area contributed by atoms with Crippen molar-refractivity contribution in [2.75, 3.05) is 39.3 Å². The Morgan fingerprint density at radius 2 is 1.86 bits per heavy atom. The number of hydrogen-bond acceptors (Lipinski definition) is 8. The molecule has 0 spiro atoms. The highest BCUT2D eigenvalue weighted by molar-refractivity contribution is 6.22. The Kier molecular flexibility index (Phi) is 6.35. The van der Waals surface area contributed by atoms with Gasteiger partial charge in [-0.25, -0.2) is 4.39 Å². The average molecular weight is 488 g/mol. The third-order valence-electron chi connectivity index (χ3n) is 7.33. The first-order chi connectivity index (χ1) is 16.5. The molecule has 4 rings (SSSR count). The lowest BCUT2D eigenvalue weighted by molar-refractivity contribution is -0.126. The van der Waals surface area contributed by atoms with Gasteiger partial charge >= 0.3 is 0 Å². The van der Waals surface area contributed by atoms with Crippen molar-refractivity contribution in [2.24, 2.45) is 23.5 Å². The van der Waals surface area contributed by atoms with E-state index < -0.39 is 59.0 Å². The fraction of sp³-hybridized carbons (Fsp3) is 0.480. The lowest BCUT2D eigenvalue weighted by atomic mass is 9.62. The van der Waals surface area contributed by atoms with Gasteiger partial charge in [-0.3, -0.25) is 19.3 Å². The van der Waals surface area contributed by atoms with E-state index in [9.17, 15) is 34.1 Å². The normalized spacial score (nSPS) is 23.9. The van der Waals surface area contributed by atoms with Gasteiger partial charge in [-0.15, -0.1) is 0 Å². The SMILES string of the molecule is CN(CCF)Cc1cc(N(C)C)c2c(c1O)C(=O)C1=C(O)C3C(=O)C(C(N)=O)=C(O)CC3CC1C2. The van der Waals surface area contributed by atoms with Gasteiger partial charge < -0.3 is 26.0 Å². The molecule has 3 aliphatic carbocycles. The molecule has 1 aromatic carbocycles. The summed E-state index contributed by atoms with van der Waals surface area (Å²) >= 11 is 0. The summed E-state index contributed by atoms with van der Waals surface area (Å²) in [5.41, 5.74) is 6.65. The molecule has 3 atom stereocenters. The lowest BCUT2D eigenvalue weighted by Crippen LogP contribution is -2.43. The number of primary amides is 1. The molecule has 1 amide bonds. The zero-order chi connectivity index (χ0) is 25.8. The van der Waals surface area contributed by atoms with Gasteiger partial charge in [0.1, 0.15) is 29.5 Å². The number of aliphatic hydroxyl groups is 2. The largest absolute Gasteiger partial charge is 0.511 e. The second-order valence-corrected chi connectivity index (χ2v) is 9.84. The highest BCUT2D eigenvalue weighted by atomic mass is 19.1. The van der Waals surface area contributed by atoms with Gasteiger partial charge in [0.15, 0.2) is 11.6 Å². The first kappa shape index (κ1) is 24.7. The fourth-order valence-electron chi connectivity index (χ4n) is 5.78. The third-order valence-corrected chi connectivity index (χ3v) is 7.33. The number of fused-ring (bicyclic) bond motifs is 3. The number of anilines is 1. The van der Waals surface area contributed by atoms with E-state index >= 15 is 0 Å². The molecule has 0 saturated carbocycles. The molecule has 10 heteroatoms. The number of halogens is 1. The number of carbonyl (C=O) groups is 3. The minimum Gasteiger partial charge on any atom is -0.511 e. The molecule has 3 unspecified atom stereocenters. The quantitative estimate of drug-likeness (QED) is 0.446. The van der Waals surface area contributed by atoms with Gasteiger partial charge in [0, 0.05) is 50.4 Å². The summed E-state index contributed by atoms with van der Waals surface area (Å²) in [6.07, 6.45) is 0.674. The van der Waals surface area contributed by atoms with Crippen LogP contribution in [0.2, 0.25) is 0 Å². The Morgan fingerprint density at radius 1 is 1.17 bits per heavy atom. The zero-order valence-electron chi connectivity index (χ0n) is 20.0. The number of ketones is 2. The molecule has 188 valence electrons. The monoisotopic (exact) mass is 487 g/mol. The Morgan fingerprint density at radius 3 is 2.46 bits per heavy atom. The molecule has 5 N–H and O–H groups in total. The molecule has 0 bridgehead atoms. The minimum atomic E-state index is -1.15. The van der Waals surface area contributed by atoms with Gasteiger partial charge in [-0.05, 0) is 43.4 Å². The Bertz CT molecular complexity index is 1190. The lowest BCUT2D eigenvalue weighted by Gasteiger charge is -2.41. The summed E-state index contributed by atoms with van der Waals surface area (Å²) in [6.45, 7) is -0.192. The van der Waals surface area contributed by atoms with Crippen molar-refractivity contribution in [2.45, 2.75) is 25.8 Å². The number of aliphatic hydroxyl groups excluding tert-OH is 2. The molecular formula is C25H30FN3O6. The van der Waals surface area contributed by atoms with Crippen molar-refractivity contribution < 1.29 is 34.1 Å². The minimum absolute atomic E-state index is 0.00476. The predicted octanol–water partition coefficient (Wildman–Crippen LogP) is 1.93. The van der Waals surface area contributed by atoms with Crippen LogP contribution in [0.5, 0.6) is 5.75 Å². The number of hydrogen-bond donors (Lipinski definition) is 4. The molecule has 0 heterocycles. The maximum absolute atomic E-state index is 13.7. The van der Waals surface area contributed by atoms with Crippen LogP contribution in [0.15, 0.2) is 28.7 Å². The first-order valence-electron chi connectivity index (χ1n) is 11.5. The second kappa shape index (κ2) is 8.99. The maximum Gasteiger partial charge on any atom is 0.255 e. The van der Waals surface area contributed by atoms with Gasteiger partial charge in [-0.2, -0.15) is 0 Å². The number of alkyl halides is 1. The molecule has 0 aromatic heterocycles. The van der Waals surface area contributed by atoms with Crippen LogP contribution in [0, 0.1) is 17.8 Å². The summed E-state index contributed by atoms with van der Waals surface area (Å²) in [6, 6.07) is 1.79. The molecular weight excluding hydrogens is 457 g/mol. The number of phenols is 1. The Hall–Kier alpha value is -3.40. The number of nitrogens with zero attached hydrogens (tertiary/aromatic N) is 2. The number of carbonyl (C=O) groups excluding carboxylic acids is 3. The summed E-state index contributed by atoms with van der Waals surface area (Å²) in [4.78, 5) is 42.0. The van der Waals surface area contributed by atoms with Gasteiger partial charge in [0.05, 0.1) is 11.5 Å². The maximum atomic E-state index is 13.7. The van der Waals surface area contributed by atoms with E-state index in [0.29, 0.717) is 24.0 Å². The highest BCUT2D eigenvalue weighted by Gasteiger charge is 2.50. The molecule has 1 aromatic rings. The van der Waals surface area contributed by atoms with Crippen LogP contribution in [0.1, 0.15) is 34.3 Å². The summed E-state index contributed by atoms with van der Waals surface area (Å²) in [7, 11) is 5.34. The molecule has 0 aliphatic heterocycles. The van der Waals surface area contributed by atoms with Crippen LogP contribution < -0.4 is 10.6 Å². The molecule has 9 nitrogen and oxygen atoms in total. The van der Waals surface area contributed by atoms with E-state index in [1.807, 2.05) is 19.0 Å². The van der Waals surface area contributed by atoms with Crippen molar-refractivity contribution in [3.05, 3.63) is 45.4 Å². The number of amides is 1. The number of Topliss-reactive ketones (excluding diaryl/α,β-unsaturated/α-hetero) is 2. The standard InChI is InChI=1S/C25H30FN3O6/c1-28(2)15-8-13(10-29(3)5-4-26)21(31)19-14(15)7-11-6-12-9-16(30)20(25(27)35)24(34)18(12)22(32)17(11)23(19)33/h8,11-12,18,30-32H,4-7,9-10H2,1-3H3,(H2,27,35). The van der Waals surface area contributed by atoms with Crippen LogP contribution in [-0.4, -0.2) is 72.1 Å². The number of benzene rings is 1. The van der Waals surface area contributed by atoms with E-state index in [0.717, 1.165) is 5.69 Å². The zero-order valence-corrected chi connectivity index (χ0v) is 20.0. The van der Waals surface area contributed by atoms with Gasteiger partial charge in [0.25, 0.3) is 5.91 Å². The average Bonchev–Trinajstić information content (AvgIpc) is 2.74. The topological polar surface area (TPSA) is 144 Å². The number of allylic oxidation sites excluding steroid dienone is 3. The summed E-state index contributed by atoms with van der Waals surface area (Å²) in [5.74, 6) is -5.57. The van der Waals surface area contributed by atoms with E-state index in [-0.39, 0.29) is 36.4 Å². The van der Waals surface area contributed by atoms with Crippen molar-refractivity contribution in [1.82, 2.24) is 4.90 Å². The van der Waals surface area contributed by atoms with Crippen molar-refractivity contribution >= 4 is 23.2 Å². The van der Waals surface area contributed by atoms with E-state index in [4.69, 9.17) is 5.73 Å². The smallest absolute Gasteiger partial charge is 0.255 e. The fourth-order valence-corrected chi connectivity index (χ4v) is 5.78. The summed E-state index contributed by atoms with van der Waals surface area (Å²) < 4.78 is 12.8. The van der Waals surface area contributed by atoms with Crippen LogP contribution in [0.4, 0.5) is 10.1 Å². The van der Waals surface area contributed by atoms with Gasteiger partial charge in [0.2, 0.25) is 0 Å². The molecule has 3 aliphatic rings. The van der Waals surface area contributed by atoms with Crippen LogP contribution >= 0.6 is 0 Å². The third kappa shape index (κ3) is 3.95. The second-order valence-electron chi connectivity index (χ2n) is 9.84. The van der Waals surface area contributed by atoms with Crippen LogP contribution in [-0.2, 0) is 22.6 Å². The van der Waals surface area contributed by atoms with Crippen LogP contribution in [0.25, 0.3) is 0 Å². The first-order valence-corrected chi connectivity index (χ1v) is 11.5. The van der Waals surface area contributed by atoms with Crippen molar-refractivity contribution in [3.63, 3.8) is 0 Å². The molecule has 0 radical (unpaired) electrons. The Labute approximate surface area is 202 Å². The van der Waals surface area contributed by atoms with Crippen molar-refractivity contribution in [3.8, 4) is 5.75 Å². The summed E-state index contributed by atoms with van der Waals surface area (Å²) in [5, 5.41) is 32.5. The van der Waals surface area contributed by atoms with Crippen molar-refractivity contribution in [1.29, 1.82) is 0 Å². The predicted molar refractivity (Wildman–Crippen MR) is 126 cm³/mol. The number of phenolic OH excluding ortho intramolecular Hbond substituents is 1. The number of aromatic hydroxyl groups is 1. The molecule has 0 fully saturated rings. The highest BCUT2D eigenvalue weighted by Crippen LogP contribution is 2.51. The van der Waals surface area contributed by atoms with E-state index in [2.05, 4.69) is 0 Å². The number of nitrogens with two attached hydrogens (primary N) is 1. The molecule has 35 heavy (non-hydrogen) atoms.